The van der Waals surface area contributed by atoms with Gasteiger partial charge in [-0.3, -0.25) is 9.59 Å². The summed E-state index contributed by atoms with van der Waals surface area (Å²) >= 11 is 0. The highest BCUT2D eigenvalue weighted by atomic mass is 16.2. The summed E-state index contributed by atoms with van der Waals surface area (Å²) in [6, 6.07) is 6.00. The molecule has 2 heterocycles. The van der Waals surface area contributed by atoms with Crippen LogP contribution in [0.3, 0.4) is 0 Å². The summed E-state index contributed by atoms with van der Waals surface area (Å²) in [7, 11) is 0. The standard InChI is InChI=1S/C21H28N4O2/c1-14(2)20-22-17-7-6-15(12-18(17)23-20)13-19(26)24-8-10-25(11-9-24)21(27)16-4-3-5-16/h6-7,12,14,16H,3-5,8-11,13H2,1-2H3,(H,22,23). The van der Waals surface area contributed by atoms with Crippen LogP contribution in [0.2, 0.25) is 0 Å². The lowest BCUT2D eigenvalue weighted by molar-refractivity contribution is -0.143. The summed E-state index contributed by atoms with van der Waals surface area (Å²) in [5.41, 5.74) is 2.93. The molecular weight excluding hydrogens is 340 g/mol. The number of nitrogens with zero attached hydrogens (tertiary/aromatic N) is 3. The molecule has 2 fully saturated rings. The highest BCUT2D eigenvalue weighted by molar-refractivity contribution is 5.83. The third-order valence-corrected chi connectivity index (χ3v) is 5.87. The Hall–Kier alpha value is -2.37. The van der Waals surface area contributed by atoms with Crippen molar-refractivity contribution in [2.24, 2.45) is 5.92 Å². The van der Waals surface area contributed by atoms with E-state index in [4.69, 9.17) is 0 Å². The molecule has 6 heteroatoms. The third kappa shape index (κ3) is 3.70. The SMILES string of the molecule is CC(C)c1nc2ccc(CC(=O)N3CCN(C(=O)C4CCC4)CC3)cc2[nH]1. The minimum absolute atomic E-state index is 0.133. The fourth-order valence-electron chi connectivity index (χ4n) is 3.84. The Morgan fingerprint density at radius 3 is 2.48 bits per heavy atom. The molecule has 1 saturated carbocycles. The highest BCUT2D eigenvalue weighted by Crippen LogP contribution is 2.28. The number of benzene rings is 1. The number of piperazine rings is 1. The maximum atomic E-state index is 12.7. The topological polar surface area (TPSA) is 69.3 Å². The molecule has 1 N–H and O–H groups in total. The molecule has 1 aliphatic carbocycles. The Morgan fingerprint density at radius 2 is 1.85 bits per heavy atom. The number of hydrogen-bond donors (Lipinski definition) is 1. The van der Waals surface area contributed by atoms with Gasteiger partial charge < -0.3 is 14.8 Å². The van der Waals surface area contributed by atoms with Crippen molar-refractivity contribution < 1.29 is 9.59 Å². The maximum Gasteiger partial charge on any atom is 0.227 e. The molecule has 1 saturated heterocycles. The zero-order valence-corrected chi connectivity index (χ0v) is 16.2. The Bertz CT molecular complexity index is 845. The van der Waals surface area contributed by atoms with Crippen molar-refractivity contribution in [3.63, 3.8) is 0 Å². The number of carbonyl (C=O) groups excluding carboxylic acids is 2. The zero-order chi connectivity index (χ0) is 19.0. The number of aromatic amines is 1. The van der Waals surface area contributed by atoms with E-state index in [0.29, 0.717) is 44.4 Å². The van der Waals surface area contributed by atoms with Crippen LogP contribution in [0.15, 0.2) is 18.2 Å². The van der Waals surface area contributed by atoms with Gasteiger partial charge in [-0.2, -0.15) is 0 Å². The quantitative estimate of drug-likeness (QED) is 0.902. The minimum Gasteiger partial charge on any atom is -0.342 e. The lowest BCUT2D eigenvalue weighted by Crippen LogP contribution is -2.52. The van der Waals surface area contributed by atoms with Gasteiger partial charge in [0.25, 0.3) is 0 Å². The zero-order valence-electron chi connectivity index (χ0n) is 16.2. The Morgan fingerprint density at radius 1 is 1.15 bits per heavy atom. The summed E-state index contributed by atoms with van der Waals surface area (Å²) < 4.78 is 0. The largest absolute Gasteiger partial charge is 0.342 e. The average Bonchev–Trinajstić information content (AvgIpc) is 3.04. The molecule has 0 radical (unpaired) electrons. The number of hydrogen-bond acceptors (Lipinski definition) is 3. The summed E-state index contributed by atoms with van der Waals surface area (Å²) in [5.74, 6) is 1.99. The van der Waals surface area contributed by atoms with E-state index < -0.39 is 0 Å². The Balaban J connectivity index is 1.35. The van der Waals surface area contributed by atoms with Gasteiger partial charge in [-0.25, -0.2) is 4.98 Å². The number of fused-ring (bicyclic) bond motifs is 1. The molecule has 1 aromatic heterocycles. The van der Waals surface area contributed by atoms with Crippen molar-refractivity contribution >= 4 is 22.8 Å². The second kappa shape index (κ2) is 7.33. The molecule has 144 valence electrons. The molecule has 1 aromatic carbocycles. The first-order valence-corrected chi connectivity index (χ1v) is 10.1. The van der Waals surface area contributed by atoms with E-state index in [0.717, 1.165) is 35.3 Å². The maximum absolute atomic E-state index is 12.7. The molecule has 6 nitrogen and oxygen atoms in total. The normalized spacial score (nSPS) is 18.2. The summed E-state index contributed by atoms with van der Waals surface area (Å²) in [6.45, 7) is 6.83. The van der Waals surface area contributed by atoms with E-state index in [1.807, 2.05) is 28.0 Å². The van der Waals surface area contributed by atoms with E-state index in [2.05, 4.69) is 23.8 Å². The molecule has 2 amide bonds. The summed E-state index contributed by atoms with van der Waals surface area (Å²) in [5, 5.41) is 0. The lowest BCUT2D eigenvalue weighted by Gasteiger charge is -2.38. The van der Waals surface area contributed by atoms with Gasteiger partial charge in [-0.1, -0.05) is 26.3 Å². The molecule has 2 aliphatic rings. The van der Waals surface area contributed by atoms with Crippen molar-refractivity contribution in [1.82, 2.24) is 19.8 Å². The number of carbonyl (C=O) groups is 2. The minimum atomic E-state index is 0.133. The lowest BCUT2D eigenvalue weighted by atomic mass is 9.84. The van der Waals surface area contributed by atoms with Crippen LogP contribution >= 0.6 is 0 Å². The van der Waals surface area contributed by atoms with Crippen LogP contribution in [0.4, 0.5) is 0 Å². The fourth-order valence-corrected chi connectivity index (χ4v) is 3.84. The van der Waals surface area contributed by atoms with Crippen LogP contribution in [-0.2, 0) is 16.0 Å². The van der Waals surface area contributed by atoms with Gasteiger partial charge in [0.15, 0.2) is 0 Å². The Kier molecular flexibility index (Phi) is 4.89. The number of nitrogens with one attached hydrogen (secondary N) is 1. The van der Waals surface area contributed by atoms with Crippen molar-refractivity contribution in [3.8, 4) is 0 Å². The van der Waals surface area contributed by atoms with Crippen LogP contribution in [0, 0.1) is 5.92 Å². The van der Waals surface area contributed by atoms with E-state index >= 15 is 0 Å². The smallest absolute Gasteiger partial charge is 0.227 e. The Labute approximate surface area is 159 Å². The number of imidazole rings is 1. The molecule has 27 heavy (non-hydrogen) atoms. The van der Waals surface area contributed by atoms with Crippen LogP contribution < -0.4 is 0 Å². The van der Waals surface area contributed by atoms with Gasteiger partial charge in [-0.15, -0.1) is 0 Å². The van der Waals surface area contributed by atoms with Crippen molar-refractivity contribution in [1.29, 1.82) is 0 Å². The molecule has 1 aliphatic heterocycles. The third-order valence-electron chi connectivity index (χ3n) is 5.87. The van der Waals surface area contributed by atoms with Crippen LogP contribution in [0.5, 0.6) is 0 Å². The molecule has 2 aromatic rings. The van der Waals surface area contributed by atoms with E-state index in [1.165, 1.54) is 6.42 Å². The van der Waals surface area contributed by atoms with E-state index in [1.54, 1.807) is 0 Å². The van der Waals surface area contributed by atoms with Crippen LogP contribution in [0.25, 0.3) is 11.0 Å². The van der Waals surface area contributed by atoms with E-state index in [9.17, 15) is 9.59 Å². The van der Waals surface area contributed by atoms with Gasteiger partial charge in [0, 0.05) is 38.0 Å². The monoisotopic (exact) mass is 368 g/mol. The first-order chi connectivity index (χ1) is 13.0. The molecule has 0 spiro atoms. The summed E-state index contributed by atoms with van der Waals surface area (Å²) in [4.78, 5) is 36.8. The van der Waals surface area contributed by atoms with Crippen molar-refractivity contribution in [2.75, 3.05) is 26.2 Å². The second-order valence-corrected chi connectivity index (χ2v) is 8.14. The number of amides is 2. The predicted molar refractivity (Wildman–Crippen MR) is 104 cm³/mol. The van der Waals surface area contributed by atoms with Gasteiger partial charge in [-0.05, 0) is 30.5 Å². The second-order valence-electron chi connectivity index (χ2n) is 8.14. The van der Waals surface area contributed by atoms with Crippen molar-refractivity contribution in [3.05, 3.63) is 29.6 Å². The van der Waals surface area contributed by atoms with Gasteiger partial charge in [0.2, 0.25) is 11.8 Å². The first-order valence-electron chi connectivity index (χ1n) is 10.1. The molecule has 0 bridgehead atoms. The molecule has 0 atom stereocenters. The molecule has 4 rings (SSSR count). The van der Waals surface area contributed by atoms with Gasteiger partial charge in [0.1, 0.15) is 5.82 Å². The van der Waals surface area contributed by atoms with Gasteiger partial charge >= 0.3 is 0 Å². The number of H-pyrrole nitrogens is 1. The van der Waals surface area contributed by atoms with Crippen LogP contribution in [-0.4, -0.2) is 57.8 Å². The molecule has 0 unspecified atom stereocenters. The summed E-state index contributed by atoms with van der Waals surface area (Å²) in [6.07, 6.45) is 3.63. The van der Waals surface area contributed by atoms with Crippen LogP contribution in [0.1, 0.15) is 50.4 Å². The van der Waals surface area contributed by atoms with Gasteiger partial charge in [0.05, 0.1) is 17.5 Å². The van der Waals surface area contributed by atoms with E-state index in [-0.39, 0.29) is 11.8 Å². The predicted octanol–water partition coefficient (Wildman–Crippen LogP) is 2.70. The molecular formula is C21H28N4O2. The number of rotatable bonds is 4. The van der Waals surface area contributed by atoms with Crippen molar-refractivity contribution in [2.45, 2.75) is 45.4 Å². The fraction of sp³-hybridized carbons (Fsp3) is 0.571. The first kappa shape index (κ1) is 18.0. The highest BCUT2D eigenvalue weighted by Gasteiger charge is 2.31. The number of aromatic nitrogens is 2. The average molecular weight is 368 g/mol.